The van der Waals surface area contributed by atoms with Crippen LogP contribution in [0.1, 0.15) is 19.3 Å². The summed E-state index contributed by atoms with van der Waals surface area (Å²) in [4.78, 5) is 3.30. The maximum atomic E-state index is 12.7. The summed E-state index contributed by atoms with van der Waals surface area (Å²) in [6, 6.07) is -0.142. The van der Waals surface area contributed by atoms with E-state index in [1.807, 2.05) is 0 Å². The predicted octanol–water partition coefficient (Wildman–Crippen LogP) is 2.35. The fourth-order valence-electron chi connectivity index (χ4n) is 1.29. The van der Waals surface area contributed by atoms with Crippen molar-refractivity contribution < 1.29 is 4.39 Å². The molecule has 0 aromatic heterocycles. The van der Waals surface area contributed by atoms with Crippen LogP contribution in [0.5, 0.6) is 0 Å². The molecule has 0 amide bonds. The van der Waals surface area contributed by atoms with Gasteiger partial charge < -0.3 is 4.85 Å². The van der Waals surface area contributed by atoms with Gasteiger partial charge in [0.05, 0.1) is 6.42 Å². The molecular formula is C8H10FN. The Labute approximate surface area is 60.4 Å². The SMILES string of the molecule is [C-]#[N+]C1CC(=C)CC(F)C1. The van der Waals surface area contributed by atoms with E-state index in [2.05, 4.69) is 11.4 Å². The topological polar surface area (TPSA) is 4.36 Å². The first-order chi connectivity index (χ1) is 4.72. The summed E-state index contributed by atoms with van der Waals surface area (Å²) < 4.78 is 12.7. The van der Waals surface area contributed by atoms with Crippen LogP contribution in [0.15, 0.2) is 12.2 Å². The van der Waals surface area contributed by atoms with Crippen LogP contribution in [-0.2, 0) is 0 Å². The van der Waals surface area contributed by atoms with Gasteiger partial charge in [-0.3, -0.25) is 0 Å². The van der Waals surface area contributed by atoms with Gasteiger partial charge in [-0.1, -0.05) is 12.2 Å². The van der Waals surface area contributed by atoms with Crippen LogP contribution in [-0.4, -0.2) is 12.2 Å². The molecular weight excluding hydrogens is 129 g/mol. The number of alkyl halides is 1. The average Bonchev–Trinajstić information content (AvgIpc) is 1.85. The van der Waals surface area contributed by atoms with Gasteiger partial charge in [0.15, 0.2) is 0 Å². The quantitative estimate of drug-likeness (QED) is 0.358. The molecule has 0 aromatic carbocycles. The second-order valence-corrected chi connectivity index (χ2v) is 2.77. The first-order valence-electron chi connectivity index (χ1n) is 3.39. The Morgan fingerprint density at radius 3 is 2.80 bits per heavy atom. The monoisotopic (exact) mass is 139 g/mol. The van der Waals surface area contributed by atoms with Crippen LogP contribution in [0.4, 0.5) is 4.39 Å². The number of halogens is 1. The van der Waals surface area contributed by atoms with Crippen LogP contribution >= 0.6 is 0 Å². The van der Waals surface area contributed by atoms with E-state index >= 15 is 0 Å². The van der Waals surface area contributed by atoms with Crippen LogP contribution in [0, 0.1) is 6.57 Å². The molecule has 1 fully saturated rings. The second kappa shape index (κ2) is 2.83. The molecule has 0 heterocycles. The molecule has 54 valence electrons. The standard InChI is InChI=1S/C8H10FN/c1-6-3-7(9)5-8(4-6)10-2/h7-8H,1,3-5H2. The molecule has 1 rings (SSSR count). The number of rotatable bonds is 0. The maximum Gasteiger partial charge on any atom is 0.230 e. The van der Waals surface area contributed by atoms with Crippen LogP contribution < -0.4 is 0 Å². The Balaban J connectivity index is 2.52. The van der Waals surface area contributed by atoms with E-state index in [9.17, 15) is 4.39 Å². The minimum Gasteiger partial charge on any atom is -0.313 e. The number of nitrogens with zero attached hydrogens (tertiary/aromatic N) is 1. The lowest BCUT2D eigenvalue weighted by molar-refractivity contribution is 0.278. The fourth-order valence-corrected chi connectivity index (χ4v) is 1.29. The van der Waals surface area contributed by atoms with Crippen molar-refractivity contribution in [3.63, 3.8) is 0 Å². The molecule has 1 nitrogen and oxygen atoms in total. The third kappa shape index (κ3) is 1.57. The summed E-state index contributed by atoms with van der Waals surface area (Å²) in [5.41, 5.74) is 0.889. The van der Waals surface area contributed by atoms with Crippen molar-refractivity contribution >= 4 is 0 Å². The van der Waals surface area contributed by atoms with Gasteiger partial charge in [-0.15, -0.1) is 0 Å². The summed E-state index contributed by atoms with van der Waals surface area (Å²) in [5.74, 6) is 0. The zero-order chi connectivity index (χ0) is 7.56. The Morgan fingerprint density at radius 1 is 1.60 bits per heavy atom. The smallest absolute Gasteiger partial charge is 0.230 e. The largest absolute Gasteiger partial charge is 0.313 e. The molecule has 1 aliphatic rings. The highest BCUT2D eigenvalue weighted by Crippen LogP contribution is 2.26. The highest BCUT2D eigenvalue weighted by atomic mass is 19.1. The minimum atomic E-state index is -0.819. The van der Waals surface area contributed by atoms with E-state index in [-0.39, 0.29) is 6.04 Å². The second-order valence-electron chi connectivity index (χ2n) is 2.77. The third-order valence-electron chi connectivity index (χ3n) is 1.74. The van der Waals surface area contributed by atoms with Crippen molar-refractivity contribution in [3.8, 4) is 0 Å². The van der Waals surface area contributed by atoms with Gasteiger partial charge in [-0.05, 0) is 6.42 Å². The van der Waals surface area contributed by atoms with Gasteiger partial charge in [-0.2, -0.15) is 0 Å². The lowest BCUT2D eigenvalue weighted by Gasteiger charge is -2.17. The van der Waals surface area contributed by atoms with Gasteiger partial charge in [-0.25, -0.2) is 11.0 Å². The van der Waals surface area contributed by atoms with E-state index in [1.54, 1.807) is 0 Å². The van der Waals surface area contributed by atoms with Crippen LogP contribution in [0.25, 0.3) is 4.85 Å². The molecule has 0 N–H and O–H groups in total. The van der Waals surface area contributed by atoms with E-state index in [4.69, 9.17) is 6.57 Å². The molecule has 0 bridgehead atoms. The van der Waals surface area contributed by atoms with Gasteiger partial charge in [0.25, 0.3) is 0 Å². The van der Waals surface area contributed by atoms with Gasteiger partial charge in [0.2, 0.25) is 6.04 Å². The number of hydrogen-bond donors (Lipinski definition) is 0. The zero-order valence-corrected chi connectivity index (χ0v) is 5.81. The fraction of sp³-hybridized carbons (Fsp3) is 0.625. The molecule has 0 aliphatic heterocycles. The summed E-state index contributed by atoms with van der Waals surface area (Å²) in [6.07, 6.45) is 0.749. The third-order valence-corrected chi connectivity index (χ3v) is 1.74. The van der Waals surface area contributed by atoms with Crippen molar-refractivity contribution in [2.24, 2.45) is 0 Å². The van der Waals surface area contributed by atoms with E-state index < -0.39 is 6.17 Å². The molecule has 2 unspecified atom stereocenters. The molecule has 1 saturated carbocycles. The van der Waals surface area contributed by atoms with Crippen molar-refractivity contribution in [1.29, 1.82) is 0 Å². The van der Waals surface area contributed by atoms with Crippen molar-refractivity contribution in [1.82, 2.24) is 0 Å². The summed E-state index contributed by atoms with van der Waals surface area (Å²) in [5, 5.41) is 0. The van der Waals surface area contributed by atoms with Crippen LogP contribution in [0.3, 0.4) is 0 Å². The van der Waals surface area contributed by atoms with E-state index in [0.717, 1.165) is 5.57 Å². The first-order valence-corrected chi connectivity index (χ1v) is 3.39. The Bertz CT molecular complexity index is 180. The molecule has 2 heteroatoms. The summed E-state index contributed by atoms with van der Waals surface area (Å²) in [7, 11) is 0. The van der Waals surface area contributed by atoms with Crippen molar-refractivity contribution in [2.75, 3.05) is 0 Å². The molecule has 0 aromatic rings. The Kier molecular flexibility index (Phi) is 2.06. The van der Waals surface area contributed by atoms with Crippen molar-refractivity contribution in [2.45, 2.75) is 31.5 Å². The maximum absolute atomic E-state index is 12.7. The first kappa shape index (κ1) is 7.27. The van der Waals surface area contributed by atoms with Crippen molar-refractivity contribution in [3.05, 3.63) is 23.6 Å². The molecule has 0 saturated heterocycles. The molecule has 0 spiro atoms. The highest BCUT2D eigenvalue weighted by Gasteiger charge is 2.26. The summed E-state index contributed by atoms with van der Waals surface area (Å²) in [6.45, 7) is 10.4. The minimum absolute atomic E-state index is 0.142. The molecule has 10 heavy (non-hydrogen) atoms. The average molecular weight is 139 g/mol. The zero-order valence-electron chi connectivity index (χ0n) is 5.81. The molecule has 1 aliphatic carbocycles. The highest BCUT2D eigenvalue weighted by molar-refractivity contribution is 5.07. The van der Waals surface area contributed by atoms with Gasteiger partial charge >= 0.3 is 0 Å². The van der Waals surface area contributed by atoms with E-state index in [1.165, 1.54) is 0 Å². The lowest BCUT2D eigenvalue weighted by Crippen LogP contribution is -2.19. The predicted molar refractivity (Wildman–Crippen MR) is 38.3 cm³/mol. The number of hydrogen-bond acceptors (Lipinski definition) is 0. The van der Waals surface area contributed by atoms with Gasteiger partial charge in [0, 0.05) is 6.42 Å². The van der Waals surface area contributed by atoms with Gasteiger partial charge in [0.1, 0.15) is 6.17 Å². The van der Waals surface area contributed by atoms with E-state index in [0.29, 0.717) is 19.3 Å². The molecule has 0 radical (unpaired) electrons. The molecule has 2 atom stereocenters. The Hall–Kier alpha value is -0.840. The van der Waals surface area contributed by atoms with Crippen LogP contribution in [0.2, 0.25) is 0 Å². The normalized spacial score (nSPS) is 33.4. The Morgan fingerprint density at radius 2 is 2.30 bits per heavy atom. The lowest BCUT2D eigenvalue weighted by atomic mass is 9.91. The summed E-state index contributed by atoms with van der Waals surface area (Å²) >= 11 is 0.